The zero-order chi connectivity index (χ0) is 17.3. The molecular weight excluding hydrogens is 310 g/mol. The number of carbonyl (C=O) groups is 1. The summed E-state index contributed by atoms with van der Waals surface area (Å²) in [5.41, 5.74) is 2.53. The lowest BCUT2D eigenvalue weighted by atomic mass is 9.90. The van der Waals surface area contributed by atoms with E-state index < -0.39 is 0 Å². The zero-order valence-electron chi connectivity index (χ0n) is 14.7. The van der Waals surface area contributed by atoms with Crippen LogP contribution in [0.5, 0.6) is 0 Å². The highest BCUT2D eigenvalue weighted by Crippen LogP contribution is 2.21. The van der Waals surface area contributed by atoms with Gasteiger partial charge >= 0.3 is 0 Å². The second-order valence-electron chi connectivity index (χ2n) is 6.86. The van der Waals surface area contributed by atoms with Gasteiger partial charge in [0, 0.05) is 31.9 Å². The molecule has 132 valence electrons. The summed E-state index contributed by atoms with van der Waals surface area (Å²) in [6, 6.07) is 14.6. The number of nitrogens with zero attached hydrogens (tertiary/aromatic N) is 2. The third kappa shape index (κ3) is 5.98. The molecule has 0 atom stereocenters. The summed E-state index contributed by atoms with van der Waals surface area (Å²) >= 11 is 0. The third-order valence-electron chi connectivity index (χ3n) is 4.97. The van der Waals surface area contributed by atoms with Crippen LogP contribution in [-0.2, 0) is 17.8 Å². The first kappa shape index (κ1) is 17.6. The first-order valence-electron chi connectivity index (χ1n) is 9.21. The van der Waals surface area contributed by atoms with E-state index in [2.05, 4.69) is 45.5 Å². The molecule has 2 aromatic rings. The molecule has 25 heavy (non-hydrogen) atoms. The predicted molar refractivity (Wildman–Crippen MR) is 100 cm³/mol. The summed E-state index contributed by atoms with van der Waals surface area (Å²) < 4.78 is 0. The van der Waals surface area contributed by atoms with Gasteiger partial charge in [-0.15, -0.1) is 0 Å². The maximum Gasteiger partial charge on any atom is 0.221 e. The van der Waals surface area contributed by atoms with Gasteiger partial charge in [0.15, 0.2) is 0 Å². The monoisotopic (exact) mass is 337 g/mol. The first-order valence-corrected chi connectivity index (χ1v) is 9.21. The second-order valence-corrected chi connectivity index (χ2v) is 6.86. The molecule has 3 rings (SSSR count). The van der Waals surface area contributed by atoms with E-state index in [1.54, 1.807) is 12.4 Å². The van der Waals surface area contributed by atoms with Crippen LogP contribution in [-0.4, -0.2) is 35.4 Å². The van der Waals surface area contributed by atoms with Crippen LogP contribution in [0.25, 0.3) is 0 Å². The highest BCUT2D eigenvalue weighted by molar-refractivity contribution is 5.76. The largest absolute Gasteiger partial charge is 0.352 e. The molecule has 0 radical (unpaired) electrons. The molecule has 0 spiro atoms. The van der Waals surface area contributed by atoms with Crippen LogP contribution in [0.1, 0.15) is 30.4 Å². The summed E-state index contributed by atoms with van der Waals surface area (Å²) in [4.78, 5) is 18.4. The Labute approximate surface area is 150 Å². The molecule has 1 fully saturated rings. The molecule has 1 amide bonds. The number of piperidine rings is 1. The number of pyridine rings is 1. The number of rotatable bonds is 7. The molecular formula is C21H27N3O. The molecule has 0 bridgehead atoms. The van der Waals surface area contributed by atoms with Crippen molar-refractivity contribution in [1.82, 2.24) is 15.2 Å². The lowest BCUT2D eigenvalue weighted by molar-refractivity contribution is -0.121. The van der Waals surface area contributed by atoms with Gasteiger partial charge in [-0.1, -0.05) is 30.3 Å². The topological polar surface area (TPSA) is 45.2 Å². The summed E-state index contributed by atoms with van der Waals surface area (Å²) in [5, 5.41) is 2.99. The molecule has 1 saturated heterocycles. The molecule has 1 aliphatic heterocycles. The number of likely N-dealkylation sites (tertiary alicyclic amines) is 1. The van der Waals surface area contributed by atoms with Crippen LogP contribution in [0.3, 0.4) is 0 Å². The number of amides is 1. The molecule has 1 aromatic heterocycles. The minimum Gasteiger partial charge on any atom is -0.352 e. The van der Waals surface area contributed by atoms with Crippen molar-refractivity contribution in [1.29, 1.82) is 0 Å². The van der Waals surface area contributed by atoms with E-state index in [0.29, 0.717) is 13.0 Å². The SMILES string of the molecule is O=C(CCN1CCC(Cc2ccccc2)CC1)NCc1ccncc1. The van der Waals surface area contributed by atoms with Crippen molar-refractivity contribution in [3.8, 4) is 0 Å². The molecule has 2 heterocycles. The van der Waals surface area contributed by atoms with Crippen molar-refractivity contribution >= 4 is 5.91 Å². The Balaban J connectivity index is 1.31. The van der Waals surface area contributed by atoms with Crippen molar-refractivity contribution in [3.63, 3.8) is 0 Å². The second kappa shape index (κ2) is 9.33. The number of hydrogen-bond acceptors (Lipinski definition) is 3. The number of hydrogen-bond donors (Lipinski definition) is 1. The Kier molecular flexibility index (Phi) is 6.57. The molecule has 1 aromatic carbocycles. The van der Waals surface area contributed by atoms with Gasteiger partial charge in [0.1, 0.15) is 0 Å². The highest BCUT2D eigenvalue weighted by Gasteiger charge is 2.19. The molecule has 4 heteroatoms. The normalized spacial score (nSPS) is 15.8. The highest BCUT2D eigenvalue weighted by atomic mass is 16.1. The molecule has 0 aliphatic carbocycles. The standard InChI is InChI=1S/C21H27N3O/c25-21(23-17-20-6-11-22-12-7-20)10-15-24-13-8-19(9-14-24)16-18-4-2-1-3-5-18/h1-7,11-12,19H,8-10,13-17H2,(H,23,25). The van der Waals surface area contributed by atoms with E-state index in [1.165, 1.54) is 24.8 Å². The van der Waals surface area contributed by atoms with Gasteiger partial charge < -0.3 is 10.2 Å². The molecule has 0 saturated carbocycles. The van der Waals surface area contributed by atoms with Crippen molar-refractivity contribution < 1.29 is 4.79 Å². The van der Waals surface area contributed by atoms with E-state index in [4.69, 9.17) is 0 Å². The van der Waals surface area contributed by atoms with Crippen molar-refractivity contribution in [3.05, 3.63) is 66.0 Å². The number of benzene rings is 1. The van der Waals surface area contributed by atoms with E-state index in [-0.39, 0.29) is 5.91 Å². The van der Waals surface area contributed by atoms with Gasteiger partial charge in [0.25, 0.3) is 0 Å². The minimum absolute atomic E-state index is 0.128. The average molecular weight is 337 g/mol. The molecule has 4 nitrogen and oxygen atoms in total. The van der Waals surface area contributed by atoms with Crippen molar-refractivity contribution in [2.75, 3.05) is 19.6 Å². The predicted octanol–water partition coefficient (Wildman–Crippen LogP) is 3.04. The summed E-state index contributed by atoms with van der Waals surface area (Å²) in [6.07, 6.45) is 7.72. The van der Waals surface area contributed by atoms with Gasteiger partial charge in [0.05, 0.1) is 0 Å². The Morgan fingerprint density at radius 3 is 2.48 bits per heavy atom. The number of carbonyl (C=O) groups excluding carboxylic acids is 1. The van der Waals surface area contributed by atoms with Gasteiger partial charge in [-0.25, -0.2) is 0 Å². The summed E-state index contributed by atoms with van der Waals surface area (Å²) in [7, 11) is 0. The van der Waals surface area contributed by atoms with Gasteiger partial charge in [0.2, 0.25) is 5.91 Å². The quantitative estimate of drug-likeness (QED) is 0.845. The lowest BCUT2D eigenvalue weighted by Crippen LogP contribution is -2.37. The Bertz CT molecular complexity index is 637. The summed E-state index contributed by atoms with van der Waals surface area (Å²) in [5.74, 6) is 0.905. The summed E-state index contributed by atoms with van der Waals surface area (Å²) in [6.45, 7) is 3.66. The average Bonchev–Trinajstić information content (AvgIpc) is 2.67. The van der Waals surface area contributed by atoms with Crippen LogP contribution in [0.15, 0.2) is 54.9 Å². The lowest BCUT2D eigenvalue weighted by Gasteiger charge is -2.31. The van der Waals surface area contributed by atoms with Crippen LogP contribution in [0.4, 0.5) is 0 Å². The minimum atomic E-state index is 0.128. The number of nitrogens with one attached hydrogen (secondary N) is 1. The Hall–Kier alpha value is -2.20. The first-order chi connectivity index (χ1) is 12.3. The maximum atomic E-state index is 12.0. The fourth-order valence-electron chi connectivity index (χ4n) is 3.41. The maximum absolute atomic E-state index is 12.0. The smallest absolute Gasteiger partial charge is 0.221 e. The van der Waals surface area contributed by atoms with Gasteiger partial charge in [-0.05, 0) is 61.5 Å². The van der Waals surface area contributed by atoms with Crippen molar-refractivity contribution in [2.24, 2.45) is 5.92 Å². The van der Waals surface area contributed by atoms with Crippen LogP contribution < -0.4 is 5.32 Å². The molecule has 1 aliphatic rings. The van der Waals surface area contributed by atoms with Crippen LogP contribution in [0.2, 0.25) is 0 Å². The van der Waals surface area contributed by atoms with Crippen molar-refractivity contribution in [2.45, 2.75) is 32.2 Å². The van der Waals surface area contributed by atoms with E-state index in [9.17, 15) is 4.79 Å². The van der Waals surface area contributed by atoms with Crippen LogP contribution in [0, 0.1) is 5.92 Å². The zero-order valence-corrected chi connectivity index (χ0v) is 14.7. The Morgan fingerprint density at radius 1 is 1.04 bits per heavy atom. The van der Waals surface area contributed by atoms with Gasteiger partial charge in [-0.3, -0.25) is 9.78 Å². The van der Waals surface area contributed by atoms with E-state index in [1.807, 2.05) is 12.1 Å². The third-order valence-corrected chi connectivity index (χ3v) is 4.97. The molecule has 1 N–H and O–H groups in total. The number of aromatic nitrogens is 1. The Morgan fingerprint density at radius 2 is 1.76 bits per heavy atom. The molecule has 0 unspecified atom stereocenters. The van der Waals surface area contributed by atoms with Gasteiger partial charge in [-0.2, -0.15) is 0 Å². The van der Waals surface area contributed by atoms with E-state index >= 15 is 0 Å². The fraction of sp³-hybridized carbons (Fsp3) is 0.429. The fourth-order valence-corrected chi connectivity index (χ4v) is 3.41. The van der Waals surface area contributed by atoms with E-state index in [0.717, 1.165) is 31.1 Å². The van der Waals surface area contributed by atoms with Crippen LogP contribution >= 0.6 is 0 Å².